The molecule has 276 valence electrons. The lowest BCUT2D eigenvalue weighted by molar-refractivity contribution is 0.234. The van der Waals surface area contributed by atoms with E-state index < -0.39 is 7.26 Å². The maximum Gasteiger partial charge on any atom is 0.203 e. The molecular weight excluding hydrogens is 595 g/mol. The van der Waals surface area contributed by atoms with Gasteiger partial charge in [-0.2, -0.15) is 0 Å². The van der Waals surface area contributed by atoms with Crippen LogP contribution in [-0.4, -0.2) is 38.3 Å². The molecule has 1 aromatic carbocycles. The summed E-state index contributed by atoms with van der Waals surface area (Å²) < 4.78 is 19.8. The third-order valence-electron chi connectivity index (χ3n) is 10.4. The van der Waals surface area contributed by atoms with Crippen molar-refractivity contribution in [2.75, 3.05) is 38.3 Å². The van der Waals surface area contributed by atoms with Crippen LogP contribution in [0, 0.1) is 0 Å². The van der Waals surface area contributed by atoms with Gasteiger partial charge in [0.1, 0.15) is 0 Å². The standard InChI is InChI=1S/C43H82O3P/c1-7-13-16-19-22-25-28-31-34-44-41-37-40(39-47(10-4,11-5)12-6)38-42(45-35-32-29-26-23-20-17-14-8-2)43(41)46-36-33-30-27-24-21-18-15-9-3/h37-38H,7-36,39H2,1-6H3/q+1. The molecule has 0 aliphatic heterocycles. The molecule has 0 radical (unpaired) electrons. The zero-order chi connectivity index (χ0) is 34.3. The van der Waals surface area contributed by atoms with Crippen LogP contribution < -0.4 is 14.2 Å². The topological polar surface area (TPSA) is 27.7 Å². The van der Waals surface area contributed by atoms with E-state index in [4.69, 9.17) is 14.2 Å². The summed E-state index contributed by atoms with van der Waals surface area (Å²) in [6.07, 6.45) is 36.5. The Balaban J connectivity index is 2.96. The minimum atomic E-state index is -1.02. The van der Waals surface area contributed by atoms with Gasteiger partial charge in [-0.25, -0.2) is 0 Å². The first kappa shape index (κ1) is 44.1. The zero-order valence-electron chi connectivity index (χ0n) is 32.7. The molecule has 0 spiro atoms. The fourth-order valence-corrected chi connectivity index (χ4v) is 9.69. The average molecular weight is 678 g/mol. The van der Waals surface area contributed by atoms with E-state index in [2.05, 4.69) is 53.7 Å². The summed E-state index contributed by atoms with van der Waals surface area (Å²) in [6.45, 7) is 16.4. The summed E-state index contributed by atoms with van der Waals surface area (Å²) >= 11 is 0. The second-order valence-electron chi connectivity index (χ2n) is 14.3. The van der Waals surface area contributed by atoms with E-state index in [0.29, 0.717) is 0 Å². The predicted octanol–water partition coefficient (Wildman–Crippen LogP) is 14.8. The van der Waals surface area contributed by atoms with Crippen molar-refractivity contribution >= 4 is 7.26 Å². The molecule has 1 aromatic rings. The molecule has 0 saturated carbocycles. The number of unbranched alkanes of at least 4 members (excludes halogenated alkanes) is 21. The molecule has 0 fully saturated rings. The quantitative estimate of drug-likeness (QED) is 0.0529. The smallest absolute Gasteiger partial charge is 0.203 e. The predicted molar refractivity (Wildman–Crippen MR) is 213 cm³/mol. The van der Waals surface area contributed by atoms with Gasteiger partial charge in [0.2, 0.25) is 5.75 Å². The third-order valence-corrected chi connectivity index (χ3v) is 15.4. The maximum absolute atomic E-state index is 6.61. The first-order valence-corrected chi connectivity index (χ1v) is 23.5. The number of hydrogen-bond donors (Lipinski definition) is 0. The molecule has 0 amide bonds. The maximum atomic E-state index is 6.61. The van der Waals surface area contributed by atoms with E-state index in [-0.39, 0.29) is 0 Å². The van der Waals surface area contributed by atoms with Crippen molar-refractivity contribution in [3.05, 3.63) is 17.7 Å². The van der Waals surface area contributed by atoms with E-state index in [0.717, 1.165) is 56.3 Å². The zero-order valence-corrected chi connectivity index (χ0v) is 33.6. The van der Waals surface area contributed by atoms with Crippen LogP contribution in [0.1, 0.15) is 201 Å². The second kappa shape index (κ2) is 31.1. The molecule has 0 N–H and O–H groups in total. The molecule has 0 aliphatic carbocycles. The summed E-state index contributed by atoms with van der Waals surface area (Å²) in [5.74, 6) is 2.72. The summed E-state index contributed by atoms with van der Waals surface area (Å²) in [7, 11) is -1.02. The van der Waals surface area contributed by atoms with Gasteiger partial charge in [-0.05, 0) is 57.7 Å². The Hall–Kier alpha value is -0.950. The first-order chi connectivity index (χ1) is 23.1. The van der Waals surface area contributed by atoms with Crippen molar-refractivity contribution in [3.63, 3.8) is 0 Å². The van der Waals surface area contributed by atoms with E-state index >= 15 is 0 Å². The number of rotatable bonds is 35. The fraction of sp³-hybridized carbons (Fsp3) is 0.860. The van der Waals surface area contributed by atoms with Crippen LogP contribution in [-0.2, 0) is 6.16 Å². The highest BCUT2D eigenvalue weighted by Gasteiger charge is 2.32. The SMILES string of the molecule is CCCCCCCCCCOc1cc(C[P+](CC)(CC)CC)cc(OCCCCCCCCCC)c1OCCCCCCCCCC. The highest BCUT2D eigenvalue weighted by atomic mass is 31.2. The lowest BCUT2D eigenvalue weighted by Crippen LogP contribution is -2.09. The van der Waals surface area contributed by atoms with Crippen LogP contribution in [0.25, 0.3) is 0 Å². The van der Waals surface area contributed by atoms with Gasteiger partial charge < -0.3 is 14.2 Å². The molecule has 4 heteroatoms. The van der Waals surface area contributed by atoms with Gasteiger partial charge in [0.15, 0.2) is 11.5 Å². The highest BCUT2D eigenvalue weighted by Crippen LogP contribution is 2.61. The Labute approximate surface area is 295 Å². The molecule has 0 atom stereocenters. The molecule has 3 nitrogen and oxygen atoms in total. The Morgan fingerprint density at radius 3 is 1.00 bits per heavy atom. The minimum absolute atomic E-state index is 0.742. The van der Waals surface area contributed by atoms with Gasteiger partial charge in [0.25, 0.3) is 0 Å². The molecule has 0 heterocycles. The molecule has 0 bridgehead atoms. The van der Waals surface area contributed by atoms with Crippen molar-refractivity contribution in [2.24, 2.45) is 0 Å². The van der Waals surface area contributed by atoms with Gasteiger partial charge in [-0.1, -0.05) is 156 Å². The van der Waals surface area contributed by atoms with Crippen LogP contribution in [0.2, 0.25) is 0 Å². The number of hydrogen-bond acceptors (Lipinski definition) is 3. The van der Waals surface area contributed by atoms with Crippen LogP contribution in [0.3, 0.4) is 0 Å². The minimum Gasteiger partial charge on any atom is -0.490 e. The molecule has 0 aromatic heterocycles. The molecule has 1 rings (SSSR count). The lowest BCUT2D eigenvalue weighted by Gasteiger charge is -2.25. The van der Waals surface area contributed by atoms with Crippen molar-refractivity contribution < 1.29 is 14.2 Å². The second-order valence-corrected chi connectivity index (χ2v) is 19.2. The van der Waals surface area contributed by atoms with Crippen molar-refractivity contribution in [1.82, 2.24) is 0 Å². The molecule has 0 saturated heterocycles. The number of ether oxygens (including phenoxy) is 3. The average Bonchev–Trinajstić information content (AvgIpc) is 3.09. The Morgan fingerprint density at radius 1 is 0.383 bits per heavy atom. The van der Waals surface area contributed by atoms with Crippen molar-refractivity contribution in [3.8, 4) is 17.2 Å². The highest BCUT2D eigenvalue weighted by molar-refractivity contribution is 7.75. The van der Waals surface area contributed by atoms with Crippen LogP contribution >= 0.6 is 7.26 Å². The van der Waals surface area contributed by atoms with E-state index in [1.54, 1.807) is 0 Å². The third kappa shape index (κ3) is 21.7. The molecule has 0 aliphatic rings. The monoisotopic (exact) mass is 678 g/mol. The molecule has 0 unspecified atom stereocenters. The lowest BCUT2D eigenvalue weighted by atomic mass is 10.1. The Morgan fingerprint density at radius 2 is 0.681 bits per heavy atom. The Kier molecular flexibility index (Phi) is 29.1. The molecular formula is C43H82O3P+. The fourth-order valence-electron chi connectivity index (χ4n) is 6.72. The summed E-state index contributed by atoms with van der Waals surface area (Å²) in [4.78, 5) is 0. The summed E-state index contributed by atoms with van der Waals surface area (Å²) in [5, 5.41) is 0. The van der Waals surface area contributed by atoms with E-state index in [1.165, 1.54) is 165 Å². The molecule has 47 heavy (non-hydrogen) atoms. The Bertz CT molecular complexity index is 770. The normalized spacial score (nSPS) is 11.7. The van der Waals surface area contributed by atoms with Gasteiger partial charge in [0, 0.05) is 7.26 Å². The van der Waals surface area contributed by atoms with E-state index in [9.17, 15) is 0 Å². The van der Waals surface area contributed by atoms with Crippen LogP contribution in [0.4, 0.5) is 0 Å². The van der Waals surface area contributed by atoms with Crippen molar-refractivity contribution in [2.45, 2.75) is 202 Å². The van der Waals surface area contributed by atoms with Gasteiger partial charge >= 0.3 is 0 Å². The van der Waals surface area contributed by atoms with E-state index in [1.807, 2.05) is 0 Å². The van der Waals surface area contributed by atoms with Crippen LogP contribution in [0.5, 0.6) is 17.2 Å². The first-order valence-electron chi connectivity index (χ1n) is 21.0. The van der Waals surface area contributed by atoms with Gasteiger partial charge in [-0.15, -0.1) is 0 Å². The van der Waals surface area contributed by atoms with Crippen LogP contribution in [0.15, 0.2) is 12.1 Å². The summed E-state index contributed by atoms with van der Waals surface area (Å²) in [6, 6.07) is 4.65. The van der Waals surface area contributed by atoms with Gasteiger partial charge in [0.05, 0.1) is 44.5 Å². The summed E-state index contributed by atoms with van der Waals surface area (Å²) in [5.41, 5.74) is 1.39. The van der Waals surface area contributed by atoms with Gasteiger partial charge in [-0.3, -0.25) is 0 Å². The number of benzene rings is 1. The van der Waals surface area contributed by atoms with Crippen molar-refractivity contribution in [1.29, 1.82) is 0 Å². The largest absolute Gasteiger partial charge is 0.490 e.